The van der Waals surface area contributed by atoms with Crippen molar-refractivity contribution in [2.75, 3.05) is 53.2 Å². The van der Waals surface area contributed by atoms with Crippen molar-refractivity contribution < 1.29 is 23.7 Å². The topological polar surface area (TPSA) is 60.5 Å². The molecule has 0 N–H and O–H groups in total. The third-order valence-corrected chi connectivity index (χ3v) is 5.00. The molecular formula is C21H24N2O5. The van der Waals surface area contributed by atoms with E-state index in [0.29, 0.717) is 31.0 Å². The van der Waals surface area contributed by atoms with Crippen molar-refractivity contribution in [3.05, 3.63) is 48.0 Å². The molecule has 0 radical (unpaired) electrons. The summed E-state index contributed by atoms with van der Waals surface area (Å²) in [6.45, 7) is 4.75. The molecule has 2 aliphatic heterocycles. The second kappa shape index (κ2) is 8.39. The Morgan fingerprint density at radius 3 is 2.64 bits per heavy atom. The molecule has 7 heteroatoms. The molecule has 2 aliphatic rings. The second-order valence-corrected chi connectivity index (χ2v) is 6.73. The van der Waals surface area contributed by atoms with Crippen molar-refractivity contribution in [3.63, 3.8) is 0 Å². The highest BCUT2D eigenvalue weighted by Crippen LogP contribution is 2.35. The molecule has 2 aromatic carbocycles. The van der Waals surface area contributed by atoms with Gasteiger partial charge in [0.2, 0.25) is 6.79 Å². The van der Waals surface area contributed by atoms with Crippen molar-refractivity contribution >= 4 is 5.91 Å². The lowest BCUT2D eigenvalue weighted by atomic mass is 10.1. The Balaban J connectivity index is 1.22. The van der Waals surface area contributed by atoms with Gasteiger partial charge in [0.15, 0.2) is 11.5 Å². The maximum absolute atomic E-state index is 12.7. The monoisotopic (exact) mass is 384 g/mol. The fraction of sp³-hybridized carbons (Fsp3) is 0.381. The second-order valence-electron chi connectivity index (χ2n) is 6.73. The summed E-state index contributed by atoms with van der Waals surface area (Å²) >= 11 is 0. The number of piperazine rings is 1. The van der Waals surface area contributed by atoms with E-state index in [-0.39, 0.29) is 12.7 Å². The van der Waals surface area contributed by atoms with Crippen LogP contribution in [0.2, 0.25) is 0 Å². The van der Waals surface area contributed by atoms with Gasteiger partial charge >= 0.3 is 0 Å². The van der Waals surface area contributed by atoms with E-state index < -0.39 is 0 Å². The summed E-state index contributed by atoms with van der Waals surface area (Å²) < 4.78 is 21.7. The Morgan fingerprint density at radius 1 is 1.00 bits per heavy atom. The van der Waals surface area contributed by atoms with Gasteiger partial charge in [0.25, 0.3) is 5.91 Å². The van der Waals surface area contributed by atoms with Gasteiger partial charge < -0.3 is 23.8 Å². The molecule has 4 rings (SSSR count). The summed E-state index contributed by atoms with van der Waals surface area (Å²) in [7, 11) is 1.61. The van der Waals surface area contributed by atoms with Gasteiger partial charge in [0.05, 0.1) is 7.11 Å². The summed E-state index contributed by atoms with van der Waals surface area (Å²) in [6, 6.07) is 12.9. The summed E-state index contributed by atoms with van der Waals surface area (Å²) in [6.07, 6.45) is 0. The van der Waals surface area contributed by atoms with Gasteiger partial charge in [-0.25, -0.2) is 0 Å². The van der Waals surface area contributed by atoms with Gasteiger partial charge in [0.1, 0.15) is 18.1 Å². The van der Waals surface area contributed by atoms with Gasteiger partial charge in [-0.1, -0.05) is 6.07 Å². The van der Waals surface area contributed by atoms with Crippen LogP contribution in [0.5, 0.6) is 23.0 Å². The zero-order valence-electron chi connectivity index (χ0n) is 15.9. The minimum Gasteiger partial charge on any atom is -0.497 e. The van der Waals surface area contributed by atoms with Crippen LogP contribution in [-0.4, -0.2) is 68.9 Å². The van der Waals surface area contributed by atoms with Crippen LogP contribution in [0.1, 0.15) is 10.4 Å². The Kier molecular flexibility index (Phi) is 5.53. The highest BCUT2D eigenvalue weighted by molar-refractivity contribution is 5.94. The zero-order chi connectivity index (χ0) is 19.3. The Bertz CT molecular complexity index is 833. The van der Waals surface area contributed by atoms with Crippen LogP contribution in [-0.2, 0) is 0 Å². The van der Waals surface area contributed by atoms with Crippen molar-refractivity contribution in [1.82, 2.24) is 9.80 Å². The molecule has 0 aromatic heterocycles. The van der Waals surface area contributed by atoms with Crippen LogP contribution in [0.25, 0.3) is 0 Å². The highest BCUT2D eigenvalue weighted by Gasteiger charge is 2.22. The zero-order valence-corrected chi connectivity index (χ0v) is 15.9. The molecule has 0 unspecified atom stereocenters. The van der Waals surface area contributed by atoms with E-state index in [1.54, 1.807) is 13.2 Å². The molecule has 0 bridgehead atoms. The van der Waals surface area contributed by atoms with Crippen molar-refractivity contribution in [2.45, 2.75) is 0 Å². The number of hydrogen-bond acceptors (Lipinski definition) is 6. The third kappa shape index (κ3) is 4.14. The summed E-state index contributed by atoms with van der Waals surface area (Å²) in [4.78, 5) is 16.9. The maximum Gasteiger partial charge on any atom is 0.254 e. The normalized spacial score (nSPS) is 16.1. The molecule has 7 nitrogen and oxygen atoms in total. The smallest absolute Gasteiger partial charge is 0.254 e. The lowest BCUT2D eigenvalue weighted by Crippen LogP contribution is -2.49. The molecule has 0 atom stereocenters. The van der Waals surface area contributed by atoms with Crippen LogP contribution in [0.15, 0.2) is 42.5 Å². The van der Waals surface area contributed by atoms with E-state index in [4.69, 9.17) is 18.9 Å². The van der Waals surface area contributed by atoms with Crippen molar-refractivity contribution in [1.29, 1.82) is 0 Å². The number of amides is 1. The van der Waals surface area contributed by atoms with Gasteiger partial charge in [0, 0.05) is 44.4 Å². The molecule has 0 aliphatic carbocycles. The average Bonchev–Trinajstić information content (AvgIpc) is 3.22. The molecule has 0 spiro atoms. The van der Waals surface area contributed by atoms with E-state index in [0.717, 1.165) is 36.9 Å². The number of hydrogen-bond donors (Lipinski definition) is 0. The van der Waals surface area contributed by atoms with Gasteiger partial charge in [-0.2, -0.15) is 0 Å². The number of methoxy groups -OCH3 is 1. The van der Waals surface area contributed by atoms with Gasteiger partial charge in [-0.3, -0.25) is 9.69 Å². The van der Waals surface area contributed by atoms with E-state index >= 15 is 0 Å². The van der Waals surface area contributed by atoms with Crippen molar-refractivity contribution in [2.24, 2.45) is 0 Å². The molecule has 1 amide bonds. The number of carbonyl (C=O) groups is 1. The van der Waals surface area contributed by atoms with Crippen LogP contribution >= 0.6 is 0 Å². The van der Waals surface area contributed by atoms with E-state index in [9.17, 15) is 4.79 Å². The van der Waals surface area contributed by atoms with Crippen LogP contribution in [0, 0.1) is 0 Å². The predicted molar refractivity (Wildman–Crippen MR) is 103 cm³/mol. The first-order chi connectivity index (χ1) is 13.7. The minimum atomic E-state index is 0.0511. The van der Waals surface area contributed by atoms with E-state index in [1.165, 1.54) is 0 Å². The van der Waals surface area contributed by atoms with Crippen LogP contribution < -0.4 is 18.9 Å². The highest BCUT2D eigenvalue weighted by atomic mass is 16.7. The minimum absolute atomic E-state index is 0.0511. The molecule has 28 heavy (non-hydrogen) atoms. The molecular weight excluding hydrogens is 360 g/mol. The Labute approximate surface area is 164 Å². The fourth-order valence-electron chi connectivity index (χ4n) is 3.37. The van der Waals surface area contributed by atoms with Crippen molar-refractivity contribution in [3.8, 4) is 23.0 Å². The standard InChI is InChI=1S/C21H24N2O5/c1-25-17-4-2-3-16(13-17)21(24)23-9-7-22(8-10-23)11-12-26-18-5-6-19-20(14-18)28-15-27-19/h2-6,13-14H,7-12,15H2,1H3. The number of ether oxygens (including phenoxy) is 4. The number of carbonyl (C=O) groups excluding carboxylic acids is 1. The number of fused-ring (bicyclic) bond motifs is 1. The first kappa shape index (κ1) is 18.4. The number of benzene rings is 2. The number of nitrogens with zero attached hydrogens (tertiary/aromatic N) is 2. The molecule has 1 saturated heterocycles. The lowest BCUT2D eigenvalue weighted by Gasteiger charge is -2.34. The molecule has 148 valence electrons. The quantitative estimate of drug-likeness (QED) is 0.762. The van der Waals surface area contributed by atoms with E-state index in [2.05, 4.69) is 4.90 Å². The Hall–Kier alpha value is -2.93. The predicted octanol–water partition coefficient (Wildman–Crippen LogP) is 2.26. The maximum atomic E-state index is 12.7. The largest absolute Gasteiger partial charge is 0.497 e. The van der Waals surface area contributed by atoms with Crippen LogP contribution in [0.4, 0.5) is 0 Å². The first-order valence-corrected chi connectivity index (χ1v) is 9.41. The van der Waals surface area contributed by atoms with Gasteiger partial charge in [-0.15, -0.1) is 0 Å². The summed E-state index contributed by atoms with van der Waals surface area (Å²) in [5, 5.41) is 0. The average molecular weight is 384 g/mol. The summed E-state index contributed by atoms with van der Waals surface area (Å²) in [5.74, 6) is 3.00. The first-order valence-electron chi connectivity index (χ1n) is 9.41. The molecule has 2 heterocycles. The SMILES string of the molecule is COc1cccc(C(=O)N2CCN(CCOc3ccc4c(c3)OCO4)CC2)c1. The fourth-order valence-corrected chi connectivity index (χ4v) is 3.37. The van der Waals surface area contributed by atoms with Crippen LogP contribution in [0.3, 0.4) is 0 Å². The lowest BCUT2D eigenvalue weighted by molar-refractivity contribution is 0.0620. The summed E-state index contributed by atoms with van der Waals surface area (Å²) in [5.41, 5.74) is 0.666. The van der Waals surface area contributed by atoms with E-state index in [1.807, 2.05) is 41.3 Å². The number of rotatable bonds is 6. The van der Waals surface area contributed by atoms with Gasteiger partial charge in [-0.05, 0) is 30.3 Å². The Morgan fingerprint density at radius 2 is 1.82 bits per heavy atom. The molecule has 0 saturated carbocycles. The molecule has 1 fully saturated rings. The molecule has 2 aromatic rings. The third-order valence-electron chi connectivity index (χ3n) is 5.00.